The summed E-state index contributed by atoms with van der Waals surface area (Å²) in [4.78, 5) is 23.2. The fourth-order valence-corrected chi connectivity index (χ4v) is 2.01. The van der Waals surface area contributed by atoms with Crippen LogP contribution in [0.1, 0.15) is 38.7 Å². The summed E-state index contributed by atoms with van der Waals surface area (Å²) < 4.78 is 0. The standard InChI is InChI=1S/C16H23NO3/c1-3-4-8-12(2)15(18)17-14(16(19)20)11-13-9-6-5-7-10-13/h5-7,9-10,12,14H,3-4,8,11H2,1-2H3,(H,17,18)(H,19,20). The first-order valence-corrected chi connectivity index (χ1v) is 7.11. The maximum atomic E-state index is 12.0. The van der Waals surface area contributed by atoms with E-state index in [-0.39, 0.29) is 11.8 Å². The van der Waals surface area contributed by atoms with Crippen LogP contribution in [0.15, 0.2) is 30.3 Å². The van der Waals surface area contributed by atoms with Crippen LogP contribution >= 0.6 is 0 Å². The lowest BCUT2D eigenvalue weighted by molar-refractivity contribution is -0.142. The quantitative estimate of drug-likeness (QED) is 0.767. The number of rotatable bonds is 8. The minimum Gasteiger partial charge on any atom is -0.480 e. The van der Waals surface area contributed by atoms with Crippen LogP contribution in [0.4, 0.5) is 0 Å². The van der Waals surface area contributed by atoms with E-state index in [0.29, 0.717) is 6.42 Å². The van der Waals surface area contributed by atoms with Gasteiger partial charge >= 0.3 is 5.97 Å². The second-order valence-corrected chi connectivity index (χ2v) is 5.13. The first-order valence-electron chi connectivity index (χ1n) is 7.11. The SMILES string of the molecule is CCCCC(C)C(=O)NC(Cc1ccccc1)C(=O)O. The third kappa shape index (κ3) is 5.43. The van der Waals surface area contributed by atoms with E-state index in [0.717, 1.165) is 24.8 Å². The summed E-state index contributed by atoms with van der Waals surface area (Å²) in [6, 6.07) is 8.46. The Morgan fingerprint density at radius 1 is 1.25 bits per heavy atom. The summed E-state index contributed by atoms with van der Waals surface area (Å²) >= 11 is 0. The highest BCUT2D eigenvalue weighted by Gasteiger charge is 2.22. The van der Waals surface area contributed by atoms with Crippen LogP contribution in [0, 0.1) is 5.92 Å². The van der Waals surface area contributed by atoms with Gasteiger partial charge in [-0.2, -0.15) is 0 Å². The van der Waals surface area contributed by atoms with E-state index in [9.17, 15) is 14.7 Å². The van der Waals surface area contributed by atoms with Gasteiger partial charge in [-0.05, 0) is 12.0 Å². The second kappa shape index (κ2) is 8.35. The topological polar surface area (TPSA) is 66.4 Å². The summed E-state index contributed by atoms with van der Waals surface area (Å²) in [6.07, 6.45) is 3.11. The fraction of sp³-hybridized carbons (Fsp3) is 0.500. The van der Waals surface area contributed by atoms with Gasteiger partial charge in [-0.15, -0.1) is 0 Å². The lowest BCUT2D eigenvalue weighted by Crippen LogP contribution is -2.44. The number of carbonyl (C=O) groups excluding carboxylic acids is 1. The van der Waals surface area contributed by atoms with Crippen LogP contribution in [0.5, 0.6) is 0 Å². The molecule has 0 saturated carbocycles. The van der Waals surface area contributed by atoms with E-state index in [1.807, 2.05) is 37.3 Å². The molecule has 1 rings (SSSR count). The highest BCUT2D eigenvalue weighted by molar-refractivity contribution is 5.84. The van der Waals surface area contributed by atoms with Crippen molar-refractivity contribution in [2.45, 2.75) is 45.6 Å². The molecule has 4 heteroatoms. The lowest BCUT2D eigenvalue weighted by atomic mass is 10.0. The highest BCUT2D eigenvalue weighted by atomic mass is 16.4. The number of amides is 1. The van der Waals surface area contributed by atoms with Gasteiger partial charge in [0.25, 0.3) is 0 Å². The Labute approximate surface area is 120 Å². The van der Waals surface area contributed by atoms with Gasteiger partial charge in [0.1, 0.15) is 6.04 Å². The zero-order valence-electron chi connectivity index (χ0n) is 12.1. The summed E-state index contributed by atoms with van der Waals surface area (Å²) in [7, 11) is 0. The smallest absolute Gasteiger partial charge is 0.326 e. The van der Waals surface area contributed by atoms with Gasteiger partial charge in [0, 0.05) is 12.3 Å². The maximum absolute atomic E-state index is 12.0. The minimum absolute atomic E-state index is 0.146. The molecule has 0 fully saturated rings. The molecule has 4 nitrogen and oxygen atoms in total. The first kappa shape index (κ1) is 16.2. The predicted molar refractivity (Wildman–Crippen MR) is 78.4 cm³/mol. The molecular formula is C16H23NO3. The molecule has 2 atom stereocenters. The van der Waals surface area contributed by atoms with E-state index < -0.39 is 12.0 Å². The molecule has 20 heavy (non-hydrogen) atoms. The molecule has 0 bridgehead atoms. The molecule has 1 aromatic carbocycles. The number of hydrogen-bond donors (Lipinski definition) is 2. The Hall–Kier alpha value is -1.84. The van der Waals surface area contributed by atoms with E-state index in [4.69, 9.17) is 0 Å². The third-order valence-corrected chi connectivity index (χ3v) is 3.34. The largest absolute Gasteiger partial charge is 0.480 e. The number of carbonyl (C=O) groups is 2. The fourth-order valence-electron chi connectivity index (χ4n) is 2.01. The molecule has 0 radical (unpaired) electrons. The zero-order valence-corrected chi connectivity index (χ0v) is 12.1. The van der Waals surface area contributed by atoms with Crippen molar-refractivity contribution in [3.8, 4) is 0 Å². The number of benzene rings is 1. The molecule has 0 saturated heterocycles. The van der Waals surface area contributed by atoms with Crippen molar-refractivity contribution in [1.82, 2.24) is 5.32 Å². The normalized spacial score (nSPS) is 13.5. The van der Waals surface area contributed by atoms with Crippen LogP contribution in [0.2, 0.25) is 0 Å². The van der Waals surface area contributed by atoms with Crippen LogP contribution in [0.3, 0.4) is 0 Å². The molecule has 0 spiro atoms. The number of carboxylic acid groups (broad SMARTS) is 1. The van der Waals surface area contributed by atoms with Crippen LogP contribution in [0.25, 0.3) is 0 Å². The molecule has 110 valence electrons. The number of nitrogens with one attached hydrogen (secondary N) is 1. The lowest BCUT2D eigenvalue weighted by Gasteiger charge is -2.18. The molecular weight excluding hydrogens is 254 g/mol. The Bertz CT molecular complexity index is 431. The van der Waals surface area contributed by atoms with Crippen molar-refractivity contribution in [1.29, 1.82) is 0 Å². The number of hydrogen-bond acceptors (Lipinski definition) is 2. The summed E-state index contributed by atoms with van der Waals surface area (Å²) in [6.45, 7) is 3.91. The van der Waals surface area contributed by atoms with Crippen molar-refractivity contribution in [3.63, 3.8) is 0 Å². The molecule has 0 heterocycles. The van der Waals surface area contributed by atoms with Gasteiger partial charge in [-0.3, -0.25) is 4.79 Å². The maximum Gasteiger partial charge on any atom is 0.326 e. The van der Waals surface area contributed by atoms with Crippen molar-refractivity contribution >= 4 is 11.9 Å². The minimum atomic E-state index is -0.995. The van der Waals surface area contributed by atoms with E-state index in [2.05, 4.69) is 12.2 Å². The van der Waals surface area contributed by atoms with Gasteiger partial charge in [-0.25, -0.2) is 4.79 Å². The van der Waals surface area contributed by atoms with E-state index in [1.54, 1.807) is 0 Å². The van der Waals surface area contributed by atoms with Gasteiger partial charge in [0.2, 0.25) is 5.91 Å². The van der Waals surface area contributed by atoms with Crippen LogP contribution in [-0.2, 0) is 16.0 Å². The van der Waals surface area contributed by atoms with Gasteiger partial charge in [-0.1, -0.05) is 57.0 Å². The second-order valence-electron chi connectivity index (χ2n) is 5.13. The summed E-state index contributed by atoms with van der Waals surface area (Å²) in [5.41, 5.74) is 0.904. The molecule has 1 aromatic rings. The summed E-state index contributed by atoms with van der Waals surface area (Å²) in [5.74, 6) is -1.32. The van der Waals surface area contributed by atoms with Gasteiger partial charge in [0.15, 0.2) is 0 Å². The highest BCUT2D eigenvalue weighted by Crippen LogP contribution is 2.09. The molecule has 0 aliphatic heterocycles. The molecule has 2 N–H and O–H groups in total. The van der Waals surface area contributed by atoms with E-state index >= 15 is 0 Å². The number of carboxylic acids is 1. The average Bonchev–Trinajstić information content (AvgIpc) is 2.44. The number of aliphatic carboxylic acids is 1. The predicted octanol–water partition coefficient (Wildman–Crippen LogP) is 2.62. The van der Waals surface area contributed by atoms with Crippen molar-refractivity contribution < 1.29 is 14.7 Å². The Kier molecular flexibility index (Phi) is 6.77. The Balaban J connectivity index is 2.59. The molecule has 0 aromatic heterocycles. The molecule has 1 amide bonds. The van der Waals surface area contributed by atoms with Crippen molar-refractivity contribution in [3.05, 3.63) is 35.9 Å². The third-order valence-electron chi connectivity index (χ3n) is 3.34. The Morgan fingerprint density at radius 3 is 2.45 bits per heavy atom. The number of unbranched alkanes of at least 4 members (excludes halogenated alkanes) is 1. The van der Waals surface area contributed by atoms with E-state index in [1.165, 1.54) is 0 Å². The van der Waals surface area contributed by atoms with Gasteiger partial charge < -0.3 is 10.4 Å². The Morgan fingerprint density at radius 2 is 1.90 bits per heavy atom. The average molecular weight is 277 g/mol. The zero-order chi connectivity index (χ0) is 15.0. The van der Waals surface area contributed by atoms with Crippen LogP contribution < -0.4 is 5.32 Å². The molecule has 0 aliphatic rings. The molecule has 2 unspecified atom stereocenters. The summed E-state index contributed by atoms with van der Waals surface area (Å²) in [5, 5.41) is 11.9. The monoisotopic (exact) mass is 277 g/mol. The van der Waals surface area contributed by atoms with Crippen LogP contribution in [-0.4, -0.2) is 23.0 Å². The first-order chi connectivity index (χ1) is 9.54. The molecule has 0 aliphatic carbocycles. The van der Waals surface area contributed by atoms with Crippen molar-refractivity contribution in [2.24, 2.45) is 5.92 Å². The van der Waals surface area contributed by atoms with Gasteiger partial charge in [0.05, 0.1) is 0 Å². The van der Waals surface area contributed by atoms with Crippen molar-refractivity contribution in [2.75, 3.05) is 0 Å².